The summed E-state index contributed by atoms with van der Waals surface area (Å²) in [5.41, 5.74) is 2.34. The highest BCUT2D eigenvalue weighted by Gasteiger charge is 2.38. The zero-order chi connectivity index (χ0) is 18.8. The van der Waals surface area contributed by atoms with Crippen molar-refractivity contribution in [3.8, 4) is 0 Å². The Morgan fingerprint density at radius 3 is 2.56 bits per heavy atom. The quantitative estimate of drug-likeness (QED) is 0.822. The summed E-state index contributed by atoms with van der Waals surface area (Å²) in [7, 11) is 0. The molecular formula is C22H31N3O2. The molecule has 5 heteroatoms. The summed E-state index contributed by atoms with van der Waals surface area (Å²) in [4.78, 5) is 30.1. The topological polar surface area (TPSA) is 52.7 Å². The lowest BCUT2D eigenvalue weighted by Crippen LogP contribution is -2.57. The van der Waals surface area contributed by atoms with Gasteiger partial charge >= 0.3 is 0 Å². The Morgan fingerprint density at radius 2 is 1.81 bits per heavy atom. The van der Waals surface area contributed by atoms with Gasteiger partial charge in [-0.3, -0.25) is 9.59 Å². The standard InChI is InChI=1S/C22H31N3O2/c1-2-24-19-15-16(21(26)23-17-9-5-3-4-6-10-17)12-13-18(19)22(27)25-14-8-7-11-20(24)25/h12-13,15,17,20H,2-11,14H2,1H3,(H,23,26)/t20-/m1/s1. The SMILES string of the molecule is CCN1c2cc(C(=O)NC3CCCCCC3)ccc2C(=O)N2CCCC[C@@H]21. The number of hydrogen-bond donors (Lipinski definition) is 1. The molecule has 5 nitrogen and oxygen atoms in total. The number of carbonyl (C=O) groups excluding carboxylic acids is 2. The molecule has 0 radical (unpaired) electrons. The average molecular weight is 370 g/mol. The number of piperidine rings is 1. The predicted molar refractivity (Wildman–Crippen MR) is 107 cm³/mol. The first-order chi connectivity index (χ1) is 13.2. The fourth-order valence-corrected chi connectivity index (χ4v) is 4.96. The number of benzene rings is 1. The van der Waals surface area contributed by atoms with E-state index in [0.29, 0.717) is 5.56 Å². The van der Waals surface area contributed by atoms with Gasteiger partial charge in [-0.2, -0.15) is 0 Å². The second kappa shape index (κ2) is 7.91. The fourth-order valence-electron chi connectivity index (χ4n) is 4.96. The number of nitrogens with zero attached hydrogens (tertiary/aromatic N) is 2. The van der Waals surface area contributed by atoms with E-state index in [4.69, 9.17) is 0 Å². The van der Waals surface area contributed by atoms with Crippen molar-refractivity contribution in [3.05, 3.63) is 29.3 Å². The summed E-state index contributed by atoms with van der Waals surface area (Å²) in [6, 6.07) is 5.90. The van der Waals surface area contributed by atoms with Gasteiger partial charge in [-0.05, 0) is 57.2 Å². The van der Waals surface area contributed by atoms with Crippen molar-refractivity contribution in [2.45, 2.75) is 76.9 Å². The maximum Gasteiger partial charge on any atom is 0.257 e. The number of nitrogens with one attached hydrogen (secondary N) is 1. The van der Waals surface area contributed by atoms with Crippen LogP contribution in [0, 0.1) is 0 Å². The third kappa shape index (κ3) is 3.56. The Balaban J connectivity index is 1.58. The average Bonchev–Trinajstić information content (AvgIpc) is 2.97. The smallest absolute Gasteiger partial charge is 0.257 e. The molecule has 27 heavy (non-hydrogen) atoms. The third-order valence-electron chi connectivity index (χ3n) is 6.42. The summed E-state index contributed by atoms with van der Waals surface area (Å²) in [5.74, 6) is 0.120. The molecule has 1 aromatic rings. The highest BCUT2D eigenvalue weighted by atomic mass is 16.2. The largest absolute Gasteiger partial charge is 0.351 e. The van der Waals surface area contributed by atoms with Gasteiger partial charge in [0.2, 0.25) is 0 Å². The van der Waals surface area contributed by atoms with Crippen LogP contribution in [0.1, 0.15) is 85.4 Å². The van der Waals surface area contributed by atoms with Gasteiger partial charge in [-0.1, -0.05) is 25.7 Å². The molecule has 1 saturated heterocycles. The molecule has 2 heterocycles. The lowest BCUT2D eigenvalue weighted by atomic mass is 9.97. The number of carbonyl (C=O) groups is 2. The second-order valence-electron chi connectivity index (χ2n) is 8.15. The first-order valence-corrected chi connectivity index (χ1v) is 10.7. The number of hydrogen-bond acceptors (Lipinski definition) is 3. The normalized spacial score (nSPS) is 23.4. The molecule has 1 aliphatic carbocycles. The second-order valence-corrected chi connectivity index (χ2v) is 8.15. The lowest BCUT2D eigenvalue weighted by molar-refractivity contribution is 0.0582. The van der Waals surface area contributed by atoms with Crippen LogP contribution in [0.4, 0.5) is 5.69 Å². The van der Waals surface area contributed by atoms with Crippen molar-refractivity contribution in [1.29, 1.82) is 0 Å². The Morgan fingerprint density at radius 1 is 1.07 bits per heavy atom. The highest BCUT2D eigenvalue weighted by Crippen LogP contribution is 2.35. The zero-order valence-corrected chi connectivity index (χ0v) is 16.4. The van der Waals surface area contributed by atoms with Gasteiger partial charge in [0, 0.05) is 24.7 Å². The van der Waals surface area contributed by atoms with Crippen molar-refractivity contribution >= 4 is 17.5 Å². The molecule has 2 aliphatic heterocycles. The van der Waals surface area contributed by atoms with Crippen molar-refractivity contribution < 1.29 is 9.59 Å². The fraction of sp³-hybridized carbons (Fsp3) is 0.636. The van der Waals surface area contributed by atoms with Gasteiger partial charge in [-0.25, -0.2) is 0 Å². The van der Waals surface area contributed by atoms with E-state index in [2.05, 4.69) is 17.1 Å². The summed E-state index contributed by atoms with van der Waals surface area (Å²) >= 11 is 0. The van der Waals surface area contributed by atoms with Gasteiger partial charge in [0.15, 0.2) is 0 Å². The first-order valence-electron chi connectivity index (χ1n) is 10.7. The van der Waals surface area contributed by atoms with Crippen molar-refractivity contribution in [3.63, 3.8) is 0 Å². The van der Waals surface area contributed by atoms with Crippen LogP contribution in [0.3, 0.4) is 0 Å². The minimum atomic E-state index is -0.000671. The molecule has 2 fully saturated rings. The van der Waals surface area contributed by atoms with Crippen LogP contribution in [-0.2, 0) is 0 Å². The number of rotatable bonds is 3. The van der Waals surface area contributed by atoms with Crippen LogP contribution in [0.2, 0.25) is 0 Å². The van der Waals surface area contributed by atoms with E-state index in [9.17, 15) is 9.59 Å². The molecule has 0 spiro atoms. The molecule has 1 N–H and O–H groups in total. The lowest BCUT2D eigenvalue weighted by Gasteiger charge is -2.47. The molecule has 3 aliphatic rings. The van der Waals surface area contributed by atoms with E-state index in [1.54, 1.807) is 0 Å². The maximum atomic E-state index is 12.9. The van der Waals surface area contributed by atoms with E-state index >= 15 is 0 Å². The van der Waals surface area contributed by atoms with Gasteiger partial charge in [0.25, 0.3) is 11.8 Å². The van der Waals surface area contributed by atoms with Gasteiger partial charge in [-0.15, -0.1) is 0 Å². The first kappa shape index (κ1) is 18.3. The molecule has 4 rings (SSSR count). The van der Waals surface area contributed by atoms with Gasteiger partial charge in [0.05, 0.1) is 11.3 Å². The van der Waals surface area contributed by atoms with Crippen molar-refractivity contribution in [2.24, 2.45) is 0 Å². The van der Waals surface area contributed by atoms with Crippen LogP contribution in [0.25, 0.3) is 0 Å². The van der Waals surface area contributed by atoms with E-state index in [-0.39, 0.29) is 24.0 Å². The van der Waals surface area contributed by atoms with E-state index < -0.39 is 0 Å². The Hall–Kier alpha value is -2.04. The van der Waals surface area contributed by atoms with Crippen LogP contribution in [0.15, 0.2) is 18.2 Å². The van der Waals surface area contributed by atoms with E-state index in [1.807, 2.05) is 23.1 Å². The number of fused-ring (bicyclic) bond motifs is 2. The Labute approximate surface area is 162 Å². The van der Waals surface area contributed by atoms with E-state index in [0.717, 1.165) is 56.4 Å². The zero-order valence-electron chi connectivity index (χ0n) is 16.4. The van der Waals surface area contributed by atoms with Crippen molar-refractivity contribution in [1.82, 2.24) is 10.2 Å². The summed E-state index contributed by atoms with van der Waals surface area (Å²) in [5, 5.41) is 3.23. The molecule has 146 valence electrons. The molecule has 1 atom stereocenters. The van der Waals surface area contributed by atoms with Crippen LogP contribution < -0.4 is 10.2 Å². The highest BCUT2D eigenvalue weighted by molar-refractivity contribution is 6.04. The molecule has 1 saturated carbocycles. The monoisotopic (exact) mass is 369 g/mol. The van der Waals surface area contributed by atoms with E-state index in [1.165, 1.54) is 25.7 Å². The number of amides is 2. The Kier molecular flexibility index (Phi) is 5.37. The molecule has 0 unspecified atom stereocenters. The summed E-state index contributed by atoms with van der Waals surface area (Å²) in [6.07, 6.45) is 10.5. The predicted octanol–water partition coefficient (Wildman–Crippen LogP) is 3.93. The van der Waals surface area contributed by atoms with Crippen LogP contribution in [0.5, 0.6) is 0 Å². The molecule has 1 aromatic carbocycles. The number of anilines is 1. The molecule has 0 aromatic heterocycles. The summed E-state index contributed by atoms with van der Waals surface area (Å²) in [6.45, 7) is 3.81. The van der Waals surface area contributed by atoms with Crippen molar-refractivity contribution in [2.75, 3.05) is 18.0 Å². The molecule has 2 amide bonds. The third-order valence-corrected chi connectivity index (χ3v) is 6.42. The molecule has 0 bridgehead atoms. The molecular weight excluding hydrogens is 338 g/mol. The summed E-state index contributed by atoms with van der Waals surface area (Å²) < 4.78 is 0. The maximum absolute atomic E-state index is 12.9. The van der Waals surface area contributed by atoms with Crippen LogP contribution >= 0.6 is 0 Å². The van der Waals surface area contributed by atoms with Gasteiger partial charge in [0.1, 0.15) is 6.17 Å². The minimum Gasteiger partial charge on any atom is -0.351 e. The van der Waals surface area contributed by atoms with Gasteiger partial charge < -0.3 is 15.1 Å². The minimum absolute atomic E-state index is 0.000671. The van der Waals surface area contributed by atoms with Crippen LogP contribution in [-0.4, -0.2) is 42.0 Å². The Bertz CT molecular complexity index is 710.